The Bertz CT molecular complexity index is 1630. The van der Waals surface area contributed by atoms with Gasteiger partial charge in [-0.1, -0.05) is 90.1 Å². The van der Waals surface area contributed by atoms with E-state index in [1.807, 2.05) is 77.7 Å². The Morgan fingerprint density at radius 2 is 1.66 bits per heavy atom. The van der Waals surface area contributed by atoms with Crippen molar-refractivity contribution in [2.75, 3.05) is 5.75 Å². The summed E-state index contributed by atoms with van der Waals surface area (Å²) in [5.41, 5.74) is 3.16. The molecule has 3 aromatic carbocycles. The fourth-order valence-corrected chi connectivity index (χ4v) is 6.06. The van der Waals surface area contributed by atoms with Gasteiger partial charge in [0.05, 0.1) is 17.9 Å². The van der Waals surface area contributed by atoms with Crippen molar-refractivity contribution in [3.63, 3.8) is 0 Å². The van der Waals surface area contributed by atoms with Gasteiger partial charge in [0.2, 0.25) is 5.91 Å². The number of carbonyl (C=O) groups is 1. The quantitative estimate of drug-likeness (QED) is 0.254. The molecule has 0 aliphatic carbocycles. The van der Waals surface area contributed by atoms with Gasteiger partial charge in [0.15, 0.2) is 10.8 Å². The van der Waals surface area contributed by atoms with Crippen molar-refractivity contribution in [2.24, 2.45) is 0 Å². The number of benzene rings is 3. The standard InChI is InChI=1S/C29H24ClN5O2S/c30-22-12-7-13-23(14-22)35-27-25(16-31-35)28(37)34-24(19-38-29(34)32-27)15-26(36)33(17-20-8-3-1-4-9-20)18-21-10-5-2-6-11-21/h1-14,16,24H,15,17-19H2. The highest BCUT2D eigenvalue weighted by Gasteiger charge is 2.31. The molecule has 0 spiro atoms. The molecule has 0 radical (unpaired) electrons. The molecule has 1 aliphatic rings. The number of rotatable bonds is 7. The number of amides is 1. The zero-order chi connectivity index (χ0) is 26.1. The molecular formula is C29H24ClN5O2S. The van der Waals surface area contributed by atoms with Gasteiger partial charge in [-0.05, 0) is 29.3 Å². The summed E-state index contributed by atoms with van der Waals surface area (Å²) in [6, 6.07) is 26.9. The fraction of sp³-hybridized carbons (Fsp3) is 0.172. The van der Waals surface area contributed by atoms with E-state index in [2.05, 4.69) is 5.10 Å². The molecule has 5 aromatic rings. The lowest BCUT2D eigenvalue weighted by Gasteiger charge is -2.25. The lowest BCUT2D eigenvalue weighted by atomic mass is 10.1. The number of fused-ring (bicyclic) bond motifs is 2. The molecule has 3 heterocycles. The molecule has 1 unspecified atom stereocenters. The van der Waals surface area contributed by atoms with Crippen molar-refractivity contribution in [2.45, 2.75) is 30.7 Å². The van der Waals surface area contributed by atoms with E-state index in [0.29, 0.717) is 40.1 Å². The average Bonchev–Trinajstić information content (AvgIpc) is 3.54. The predicted molar refractivity (Wildman–Crippen MR) is 150 cm³/mol. The maximum atomic E-state index is 13.7. The van der Waals surface area contributed by atoms with Crippen molar-refractivity contribution in [3.8, 4) is 5.69 Å². The molecule has 0 saturated carbocycles. The smallest absolute Gasteiger partial charge is 0.265 e. The minimum atomic E-state index is -0.282. The monoisotopic (exact) mass is 541 g/mol. The van der Waals surface area contributed by atoms with Crippen LogP contribution in [0.25, 0.3) is 16.7 Å². The van der Waals surface area contributed by atoms with Crippen molar-refractivity contribution in [3.05, 3.63) is 118 Å². The van der Waals surface area contributed by atoms with Gasteiger partial charge >= 0.3 is 0 Å². The van der Waals surface area contributed by atoms with Crippen LogP contribution in [0.3, 0.4) is 0 Å². The molecule has 1 aliphatic heterocycles. The first-order valence-corrected chi connectivity index (χ1v) is 13.7. The van der Waals surface area contributed by atoms with Crippen molar-refractivity contribution in [1.82, 2.24) is 24.2 Å². The predicted octanol–water partition coefficient (Wildman–Crippen LogP) is 5.50. The second-order valence-corrected chi connectivity index (χ2v) is 10.7. The third-order valence-corrected chi connectivity index (χ3v) is 7.95. The van der Waals surface area contributed by atoms with E-state index < -0.39 is 0 Å². The van der Waals surface area contributed by atoms with E-state index >= 15 is 0 Å². The summed E-state index contributed by atoms with van der Waals surface area (Å²) < 4.78 is 3.29. The minimum absolute atomic E-state index is 0.00206. The van der Waals surface area contributed by atoms with Crippen LogP contribution < -0.4 is 5.56 Å². The molecule has 0 fully saturated rings. The van der Waals surface area contributed by atoms with E-state index in [9.17, 15) is 9.59 Å². The Balaban J connectivity index is 1.29. The second-order valence-electron chi connectivity index (χ2n) is 9.23. The summed E-state index contributed by atoms with van der Waals surface area (Å²) in [5, 5.41) is 6.00. The maximum Gasteiger partial charge on any atom is 0.265 e. The Labute approximate surface area is 228 Å². The summed E-state index contributed by atoms with van der Waals surface area (Å²) in [6.45, 7) is 1.000. The zero-order valence-corrected chi connectivity index (χ0v) is 22.0. The lowest BCUT2D eigenvalue weighted by molar-refractivity contribution is -0.133. The Hall–Kier alpha value is -3.88. The van der Waals surface area contributed by atoms with E-state index in [1.165, 1.54) is 18.0 Å². The highest BCUT2D eigenvalue weighted by atomic mass is 35.5. The van der Waals surface area contributed by atoms with Crippen LogP contribution >= 0.6 is 23.4 Å². The molecule has 1 amide bonds. The summed E-state index contributed by atoms with van der Waals surface area (Å²) in [4.78, 5) is 33.9. The third kappa shape index (κ3) is 4.85. The van der Waals surface area contributed by atoms with Gasteiger partial charge in [-0.3, -0.25) is 14.2 Å². The van der Waals surface area contributed by atoms with Gasteiger partial charge in [-0.2, -0.15) is 5.10 Å². The minimum Gasteiger partial charge on any atom is -0.334 e. The summed E-state index contributed by atoms with van der Waals surface area (Å²) in [7, 11) is 0. The largest absolute Gasteiger partial charge is 0.334 e. The van der Waals surface area contributed by atoms with Crippen LogP contribution in [0.4, 0.5) is 0 Å². The Morgan fingerprint density at radius 3 is 2.32 bits per heavy atom. The first-order valence-electron chi connectivity index (χ1n) is 12.3. The van der Waals surface area contributed by atoms with Crippen LogP contribution in [0.2, 0.25) is 5.02 Å². The molecule has 7 nitrogen and oxygen atoms in total. The molecule has 0 bridgehead atoms. The molecule has 6 rings (SSSR count). The van der Waals surface area contributed by atoms with E-state index in [-0.39, 0.29) is 23.9 Å². The van der Waals surface area contributed by atoms with E-state index in [0.717, 1.165) is 16.8 Å². The van der Waals surface area contributed by atoms with Crippen molar-refractivity contribution in [1.29, 1.82) is 0 Å². The third-order valence-electron chi connectivity index (χ3n) is 6.62. The molecular weight excluding hydrogens is 518 g/mol. The number of thioether (sulfide) groups is 1. The second kappa shape index (κ2) is 10.5. The summed E-state index contributed by atoms with van der Waals surface area (Å²) in [5.74, 6) is 0.605. The van der Waals surface area contributed by atoms with Crippen LogP contribution in [-0.4, -0.2) is 35.9 Å². The van der Waals surface area contributed by atoms with Crippen LogP contribution in [0.5, 0.6) is 0 Å². The van der Waals surface area contributed by atoms with Gasteiger partial charge in [0, 0.05) is 30.3 Å². The number of carbonyl (C=O) groups excluding carboxylic acids is 1. The normalized spacial score (nSPS) is 14.5. The summed E-state index contributed by atoms with van der Waals surface area (Å²) >= 11 is 7.66. The van der Waals surface area contributed by atoms with Crippen LogP contribution in [0.15, 0.2) is 101 Å². The average molecular weight is 542 g/mol. The molecule has 38 heavy (non-hydrogen) atoms. The lowest BCUT2D eigenvalue weighted by Crippen LogP contribution is -2.34. The van der Waals surface area contributed by atoms with Crippen LogP contribution in [0, 0.1) is 0 Å². The number of hydrogen-bond donors (Lipinski definition) is 0. The highest BCUT2D eigenvalue weighted by molar-refractivity contribution is 7.99. The first-order chi connectivity index (χ1) is 18.6. The first kappa shape index (κ1) is 24.5. The van der Waals surface area contributed by atoms with E-state index in [1.54, 1.807) is 21.4 Å². The van der Waals surface area contributed by atoms with Crippen LogP contribution in [-0.2, 0) is 17.9 Å². The Kier molecular flexibility index (Phi) is 6.74. The van der Waals surface area contributed by atoms with Gasteiger partial charge in [0.1, 0.15) is 5.39 Å². The van der Waals surface area contributed by atoms with Gasteiger partial charge in [-0.15, -0.1) is 0 Å². The number of hydrogen-bond acceptors (Lipinski definition) is 5. The van der Waals surface area contributed by atoms with Gasteiger partial charge in [-0.25, -0.2) is 9.67 Å². The van der Waals surface area contributed by atoms with Crippen molar-refractivity contribution >= 4 is 40.3 Å². The van der Waals surface area contributed by atoms with Crippen LogP contribution in [0.1, 0.15) is 23.6 Å². The highest BCUT2D eigenvalue weighted by Crippen LogP contribution is 2.34. The fourth-order valence-electron chi connectivity index (χ4n) is 4.75. The molecule has 2 aromatic heterocycles. The SMILES string of the molecule is O=C(CC1CSc2nc3c(cnn3-c3cccc(Cl)c3)c(=O)n21)N(Cc1ccccc1)Cc1ccccc1. The molecule has 0 N–H and O–H groups in total. The zero-order valence-electron chi connectivity index (χ0n) is 20.4. The molecule has 0 saturated heterocycles. The Morgan fingerprint density at radius 1 is 0.974 bits per heavy atom. The molecule has 190 valence electrons. The van der Waals surface area contributed by atoms with Gasteiger partial charge < -0.3 is 4.90 Å². The number of nitrogens with zero attached hydrogens (tertiary/aromatic N) is 5. The summed E-state index contributed by atoms with van der Waals surface area (Å²) in [6.07, 6.45) is 1.76. The van der Waals surface area contributed by atoms with E-state index in [4.69, 9.17) is 16.6 Å². The number of halogens is 1. The molecule has 1 atom stereocenters. The molecule has 9 heteroatoms. The van der Waals surface area contributed by atoms with Crippen molar-refractivity contribution < 1.29 is 4.79 Å². The maximum absolute atomic E-state index is 13.7. The number of aromatic nitrogens is 4. The topological polar surface area (TPSA) is 73.0 Å². The van der Waals surface area contributed by atoms with Gasteiger partial charge in [0.25, 0.3) is 5.56 Å².